The van der Waals surface area contributed by atoms with Gasteiger partial charge in [0, 0.05) is 13.1 Å². The number of carbonyl (C=O) groups is 1. The SMILES string of the molecule is CCOc1ccc(-n2c(C(C)N(CCN(C)C)C(=O)Nc3ccccc3C(F)(F)F)nc3ccccc3c2=O)cc1. The lowest BCUT2D eigenvalue weighted by Crippen LogP contribution is -2.43. The number of benzene rings is 3. The van der Waals surface area contributed by atoms with Crippen molar-refractivity contribution in [1.29, 1.82) is 0 Å². The van der Waals surface area contributed by atoms with Crippen LogP contribution in [0.15, 0.2) is 77.6 Å². The van der Waals surface area contributed by atoms with Crippen LogP contribution in [0.4, 0.5) is 23.7 Å². The predicted octanol–water partition coefficient (Wildman–Crippen LogP) is 5.96. The second-order valence-electron chi connectivity index (χ2n) is 9.70. The molecule has 0 spiro atoms. The average Bonchev–Trinajstić information content (AvgIpc) is 2.93. The third kappa shape index (κ3) is 6.68. The number of aromatic nitrogens is 2. The summed E-state index contributed by atoms with van der Waals surface area (Å²) in [6, 6.07) is 17.1. The highest BCUT2D eigenvalue weighted by molar-refractivity contribution is 5.90. The number of amides is 2. The first-order valence-corrected chi connectivity index (χ1v) is 13.1. The first-order valence-electron chi connectivity index (χ1n) is 13.1. The van der Waals surface area contributed by atoms with Gasteiger partial charge in [0.1, 0.15) is 11.6 Å². The van der Waals surface area contributed by atoms with Gasteiger partial charge in [-0.05, 0) is 76.5 Å². The molecule has 216 valence electrons. The Hall–Kier alpha value is -4.38. The zero-order chi connectivity index (χ0) is 29.7. The molecule has 3 aromatic carbocycles. The number of likely N-dealkylation sites (N-methyl/N-ethyl adjacent to an activating group) is 1. The Morgan fingerprint density at radius 3 is 2.32 bits per heavy atom. The lowest BCUT2D eigenvalue weighted by Gasteiger charge is -2.32. The van der Waals surface area contributed by atoms with Gasteiger partial charge in [-0.1, -0.05) is 24.3 Å². The number of hydrogen-bond donors (Lipinski definition) is 1. The molecule has 2 amide bonds. The Morgan fingerprint density at radius 2 is 1.66 bits per heavy atom. The van der Waals surface area contributed by atoms with Crippen LogP contribution in [0.25, 0.3) is 16.6 Å². The molecule has 11 heteroatoms. The van der Waals surface area contributed by atoms with E-state index in [0.717, 1.165) is 6.07 Å². The number of alkyl halides is 3. The Bertz CT molecular complexity index is 1570. The quantitative estimate of drug-likeness (QED) is 0.270. The number of para-hydroxylation sites is 2. The van der Waals surface area contributed by atoms with Crippen LogP contribution in [0, 0.1) is 0 Å². The molecule has 0 saturated heterocycles. The molecule has 41 heavy (non-hydrogen) atoms. The van der Waals surface area contributed by atoms with Crippen LogP contribution in [-0.2, 0) is 6.18 Å². The molecular formula is C30H32F3N5O3. The van der Waals surface area contributed by atoms with Crippen LogP contribution in [0.5, 0.6) is 5.75 Å². The Labute approximate surface area is 236 Å². The second kappa shape index (κ2) is 12.4. The van der Waals surface area contributed by atoms with Crippen molar-refractivity contribution in [2.24, 2.45) is 0 Å². The molecule has 1 aromatic heterocycles. The molecule has 0 aliphatic carbocycles. The van der Waals surface area contributed by atoms with Gasteiger partial charge < -0.3 is 19.9 Å². The van der Waals surface area contributed by atoms with E-state index in [1.807, 2.05) is 25.9 Å². The largest absolute Gasteiger partial charge is 0.494 e. The van der Waals surface area contributed by atoms with Crippen LogP contribution < -0.4 is 15.6 Å². The van der Waals surface area contributed by atoms with E-state index in [2.05, 4.69) is 5.32 Å². The summed E-state index contributed by atoms with van der Waals surface area (Å²) in [4.78, 5) is 35.5. The zero-order valence-electron chi connectivity index (χ0n) is 23.3. The molecular weight excluding hydrogens is 535 g/mol. The van der Waals surface area contributed by atoms with Crippen molar-refractivity contribution in [3.8, 4) is 11.4 Å². The molecule has 8 nitrogen and oxygen atoms in total. The van der Waals surface area contributed by atoms with Crippen molar-refractivity contribution in [2.75, 3.05) is 39.1 Å². The first-order chi connectivity index (χ1) is 19.5. The lowest BCUT2D eigenvalue weighted by atomic mass is 10.1. The molecule has 4 rings (SSSR count). The standard InChI is InChI=1S/C30H32F3N5O3/c1-5-41-22-16-14-21(15-17-22)38-27(34-25-12-8-6-10-23(25)28(38)39)20(2)37(19-18-36(3)4)29(40)35-26-13-9-7-11-24(26)30(31,32)33/h6-17,20H,5,18-19H2,1-4H3,(H,35,40). The van der Waals surface area contributed by atoms with E-state index in [1.54, 1.807) is 55.5 Å². The number of urea groups is 1. The molecule has 4 aromatic rings. The fourth-order valence-corrected chi connectivity index (χ4v) is 4.48. The number of fused-ring (bicyclic) bond motifs is 1. The summed E-state index contributed by atoms with van der Waals surface area (Å²) in [5, 5.41) is 2.83. The molecule has 0 fully saturated rings. The van der Waals surface area contributed by atoms with E-state index in [9.17, 15) is 22.8 Å². The highest BCUT2D eigenvalue weighted by atomic mass is 19.4. The highest BCUT2D eigenvalue weighted by Crippen LogP contribution is 2.35. The number of halogens is 3. The van der Waals surface area contributed by atoms with Gasteiger partial charge in [0.2, 0.25) is 0 Å². The number of nitrogens with one attached hydrogen (secondary N) is 1. The third-order valence-corrected chi connectivity index (χ3v) is 6.57. The summed E-state index contributed by atoms with van der Waals surface area (Å²) < 4.78 is 47.9. The average molecular weight is 568 g/mol. The number of nitrogens with zero attached hydrogens (tertiary/aromatic N) is 4. The van der Waals surface area contributed by atoms with Crippen LogP contribution in [0.2, 0.25) is 0 Å². The van der Waals surface area contributed by atoms with Crippen LogP contribution in [0.3, 0.4) is 0 Å². The Kier molecular flexibility index (Phi) is 8.97. The normalized spacial score (nSPS) is 12.4. The summed E-state index contributed by atoms with van der Waals surface area (Å²) in [6.45, 7) is 4.62. The number of anilines is 1. The van der Waals surface area contributed by atoms with Crippen molar-refractivity contribution < 1.29 is 22.7 Å². The van der Waals surface area contributed by atoms with E-state index in [0.29, 0.717) is 35.5 Å². The summed E-state index contributed by atoms with van der Waals surface area (Å²) >= 11 is 0. The molecule has 0 bridgehead atoms. The molecule has 0 aliphatic rings. The number of rotatable bonds is 9. The number of carbonyl (C=O) groups excluding carboxylic acids is 1. The Morgan fingerprint density at radius 1 is 1.00 bits per heavy atom. The lowest BCUT2D eigenvalue weighted by molar-refractivity contribution is -0.136. The van der Waals surface area contributed by atoms with Gasteiger partial charge in [0.05, 0.1) is 40.5 Å². The summed E-state index contributed by atoms with van der Waals surface area (Å²) in [5.41, 5.74) is -0.700. The summed E-state index contributed by atoms with van der Waals surface area (Å²) in [5.74, 6) is 0.888. The fourth-order valence-electron chi connectivity index (χ4n) is 4.48. The molecule has 1 heterocycles. The van der Waals surface area contributed by atoms with Gasteiger partial charge >= 0.3 is 12.2 Å². The minimum absolute atomic E-state index is 0.153. The van der Waals surface area contributed by atoms with Crippen molar-refractivity contribution in [2.45, 2.75) is 26.1 Å². The third-order valence-electron chi connectivity index (χ3n) is 6.57. The van der Waals surface area contributed by atoms with E-state index >= 15 is 0 Å². The minimum Gasteiger partial charge on any atom is -0.494 e. The van der Waals surface area contributed by atoms with Gasteiger partial charge in [-0.25, -0.2) is 9.78 Å². The molecule has 1 unspecified atom stereocenters. The first kappa shape index (κ1) is 29.6. The van der Waals surface area contributed by atoms with Crippen molar-refractivity contribution in [1.82, 2.24) is 19.4 Å². The topological polar surface area (TPSA) is 79.7 Å². The van der Waals surface area contributed by atoms with Gasteiger partial charge in [0.15, 0.2) is 0 Å². The smallest absolute Gasteiger partial charge is 0.418 e. The summed E-state index contributed by atoms with van der Waals surface area (Å²) in [6.07, 6.45) is -4.65. The highest BCUT2D eigenvalue weighted by Gasteiger charge is 2.35. The van der Waals surface area contributed by atoms with Gasteiger partial charge in [-0.2, -0.15) is 13.2 Å². The molecule has 0 saturated carbocycles. The van der Waals surface area contributed by atoms with Gasteiger partial charge in [-0.15, -0.1) is 0 Å². The maximum Gasteiger partial charge on any atom is 0.418 e. The van der Waals surface area contributed by atoms with Crippen molar-refractivity contribution in [3.05, 3.63) is 94.5 Å². The maximum atomic E-state index is 13.8. The predicted molar refractivity (Wildman–Crippen MR) is 153 cm³/mol. The monoisotopic (exact) mass is 567 g/mol. The molecule has 0 radical (unpaired) electrons. The maximum absolute atomic E-state index is 13.8. The fraction of sp³-hybridized carbons (Fsp3) is 0.300. The molecule has 1 N–H and O–H groups in total. The Balaban J connectivity index is 1.82. The van der Waals surface area contributed by atoms with Gasteiger partial charge in [-0.3, -0.25) is 9.36 Å². The number of ether oxygens (including phenoxy) is 1. The van der Waals surface area contributed by atoms with E-state index in [1.165, 1.54) is 27.7 Å². The van der Waals surface area contributed by atoms with E-state index in [-0.39, 0.29) is 23.6 Å². The van der Waals surface area contributed by atoms with Crippen molar-refractivity contribution in [3.63, 3.8) is 0 Å². The molecule has 0 aliphatic heterocycles. The zero-order valence-corrected chi connectivity index (χ0v) is 23.3. The second-order valence-corrected chi connectivity index (χ2v) is 9.70. The van der Waals surface area contributed by atoms with Crippen LogP contribution >= 0.6 is 0 Å². The van der Waals surface area contributed by atoms with E-state index < -0.39 is 23.8 Å². The van der Waals surface area contributed by atoms with E-state index in [4.69, 9.17) is 9.72 Å². The van der Waals surface area contributed by atoms with Crippen molar-refractivity contribution >= 4 is 22.6 Å². The number of hydrogen-bond acceptors (Lipinski definition) is 5. The minimum atomic E-state index is -4.65. The van der Waals surface area contributed by atoms with Gasteiger partial charge in [0.25, 0.3) is 5.56 Å². The molecule has 1 atom stereocenters. The van der Waals surface area contributed by atoms with Crippen LogP contribution in [-0.4, -0.2) is 59.2 Å². The summed E-state index contributed by atoms with van der Waals surface area (Å²) in [7, 11) is 3.65. The van der Waals surface area contributed by atoms with Crippen LogP contribution in [0.1, 0.15) is 31.3 Å².